The Labute approximate surface area is 251 Å². The highest BCUT2D eigenvalue weighted by Crippen LogP contribution is 2.64. The number of benzene rings is 3. The van der Waals surface area contributed by atoms with Gasteiger partial charge in [0.15, 0.2) is 0 Å². The Bertz CT molecular complexity index is 1820. The lowest BCUT2D eigenvalue weighted by Crippen LogP contribution is -2.53. The number of carboxylic acids is 1. The summed E-state index contributed by atoms with van der Waals surface area (Å²) in [5.74, 6) is -1.33. The lowest BCUT2D eigenvalue weighted by atomic mass is 9.70. The van der Waals surface area contributed by atoms with Crippen LogP contribution >= 0.6 is 23.2 Å². The second kappa shape index (κ2) is 9.27. The number of halogens is 3. The van der Waals surface area contributed by atoms with Crippen molar-refractivity contribution in [1.82, 2.24) is 14.5 Å². The second-order valence-electron chi connectivity index (χ2n) is 12.0. The molecular weight excluding hydrogens is 578 g/mol. The van der Waals surface area contributed by atoms with Crippen LogP contribution < -0.4 is 5.32 Å². The molecular formula is C32H27Cl2FN4O3. The number of amides is 1. The summed E-state index contributed by atoms with van der Waals surface area (Å²) in [6.45, 7) is 1.40. The fraction of sp³-hybridized carbons (Fsp3) is 0.344. The maximum absolute atomic E-state index is 16.2. The van der Waals surface area contributed by atoms with Gasteiger partial charge in [0, 0.05) is 47.2 Å². The molecule has 1 aromatic heterocycles. The number of anilines is 1. The van der Waals surface area contributed by atoms with Gasteiger partial charge in [0.2, 0.25) is 5.91 Å². The smallest absolute Gasteiger partial charge is 0.307 e. The Morgan fingerprint density at radius 2 is 1.95 bits per heavy atom. The summed E-state index contributed by atoms with van der Waals surface area (Å²) in [5, 5.41) is 13.0. The van der Waals surface area contributed by atoms with Gasteiger partial charge in [0.1, 0.15) is 17.2 Å². The van der Waals surface area contributed by atoms with Crippen molar-refractivity contribution >= 4 is 51.8 Å². The van der Waals surface area contributed by atoms with E-state index in [-0.39, 0.29) is 29.3 Å². The van der Waals surface area contributed by atoms with Crippen molar-refractivity contribution in [3.8, 4) is 0 Å². The van der Waals surface area contributed by atoms with Crippen molar-refractivity contribution in [3.63, 3.8) is 0 Å². The number of likely N-dealkylation sites (tertiary alicyclic amines) is 1. The molecule has 1 amide bonds. The summed E-state index contributed by atoms with van der Waals surface area (Å²) in [7, 11) is 0. The number of hydrogen-bond acceptors (Lipinski definition) is 4. The number of aromatic nitrogens is 2. The van der Waals surface area contributed by atoms with Crippen LogP contribution in [0.2, 0.25) is 10.0 Å². The third kappa shape index (κ3) is 3.64. The Hall–Kier alpha value is -3.46. The van der Waals surface area contributed by atoms with Crippen molar-refractivity contribution in [2.45, 2.75) is 55.6 Å². The third-order valence-corrected chi connectivity index (χ3v) is 10.2. The Kier molecular flexibility index (Phi) is 5.78. The molecule has 10 heteroatoms. The third-order valence-electron chi connectivity index (χ3n) is 9.68. The number of imidazole rings is 1. The molecule has 2 fully saturated rings. The topological polar surface area (TPSA) is 87.5 Å². The van der Waals surface area contributed by atoms with Crippen molar-refractivity contribution in [3.05, 3.63) is 93.0 Å². The number of rotatable bonds is 5. The van der Waals surface area contributed by atoms with Gasteiger partial charge >= 0.3 is 5.97 Å². The van der Waals surface area contributed by atoms with Gasteiger partial charge in [0.05, 0.1) is 22.5 Å². The van der Waals surface area contributed by atoms with E-state index in [0.29, 0.717) is 39.8 Å². The van der Waals surface area contributed by atoms with Gasteiger partial charge in [-0.1, -0.05) is 47.5 Å². The fourth-order valence-corrected chi connectivity index (χ4v) is 8.28. The number of aryl methyl sites for hydroxylation is 1. The summed E-state index contributed by atoms with van der Waals surface area (Å²) in [5.41, 5.74) is 2.91. The van der Waals surface area contributed by atoms with E-state index < -0.39 is 23.2 Å². The SMILES string of the molecule is O=C(O)Cc1ccc2c(c1)nc1n2CC[C@H]2[C@@H]1[C@H](c1cccc(Cl)c1F)[C@]1(C(=O)Nc3cc(Cl)ccc31)N2CC1CC1. The molecule has 4 heterocycles. The maximum atomic E-state index is 16.2. The predicted molar refractivity (Wildman–Crippen MR) is 158 cm³/mol. The van der Waals surface area contributed by atoms with E-state index >= 15 is 4.39 Å². The molecule has 7 nitrogen and oxygen atoms in total. The summed E-state index contributed by atoms with van der Waals surface area (Å²) in [6, 6.07) is 16.0. The zero-order chi connectivity index (χ0) is 28.9. The van der Waals surface area contributed by atoms with Gasteiger partial charge in [-0.25, -0.2) is 9.37 Å². The number of fused-ring (bicyclic) bond motifs is 7. The van der Waals surface area contributed by atoms with Crippen LogP contribution in [0.4, 0.5) is 10.1 Å². The van der Waals surface area contributed by atoms with Gasteiger partial charge in [0.25, 0.3) is 0 Å². The van der Waals surface area contributed by atoms with Crippen LogP contribution in [-0.2, 0) is 28.1 Å². The quantitative estimate of drug-likeness (QED) is 0.278. The van der Waals surface area contributed by atoms with Crippen LogP contribution in [-0.4, -0.2) is 44.0 Å². The highest BCUT2D eigenvalue weighted by molar-refractivity contribution is 6.31. The normalized spacial score (nSPS) is 26.4. The molecule has 214 valence electrons. The van der Waals surface area contributed by atoms with Gasteiger partial charge in [-0.05, 0) is 66.6 Å². The van der Waals surface area contributed by atoms with Crippen molar-refractivity contribution in [2.75, 3.05) is 11.9 Å². The molecule has 0 radical (unpaired) electrons. The first-order valence-electron chi connectivity index (χ1n) is 14.3. The van der Waals surface area contributed by atoms with Gasteiger partial charge in [-0.2, -0.15) is 0 Å². The van der Waals surface area contributed by atoms with Gasteiger partial charge < -0.3 is 15.0 Å². The molecule has 4 aliphatic rings. The molecule has 1 aliphatic carbocycles. The predicted octanol–water partition coefficient (Wildman–Crippen LogP) is 6.32. The average Bonchev–Trinajstić information content (AvgIpc) is 3.54. The zero-order valence-corrected chi connectivity index (χ0v) is 24.0. The lowest BCUT2D eigenvalue weighted by molar-refractivity contribution is -0.136. The number of nitrogens with zero attached hydrogens (tertiary/aromatic N) is 3. The van der Waals surface area contributed by atoms with Gasteiger partial charge in [-0.15, -0.1) is 0 Å². The molecule has 42 heavy (non-hydrogen) atoms. The zero-order valence-electron chi connectivity index (χ0n) is 22.5. The van der Waals surface area contributed by atoms with Crippen LogP contribution in [0, 0.1) is 11.7 Å². The van der Waals surface area contributed by atoms with E-state index in [1.165, 1.54) is 6.07 Å². The Morgan fingerprint density at radius 3 is 2.74 bits per heavy atom. The van der Waals surface area contributed by atoms with Gasteiger partial charge in [-0.3, -0.25) is 14.5 Å². The highest BCUT2D eigenvalue weighted by atomic mass is 35.5. The van der Waals surface area contributed by atoms with E-state index in [1.807, 2.05) is 24.3 Å². The second-order valence-corrected chi connectivity index (χ2v) is 12.9. The van der Waals surface area contributed by atoms with E-state index in [4.69, 9.17) is 28.2 Å². The number of carboxylic acid groups (broad SMARTS) is 1. The standard InChI is InChI=1S/C32H27Cl2FN4O3/c33-18-7-8-20-22(14-18)37-31(42)32(20)28(19-2-1-3-21(34)29(19)35)27-25(39(32)15-16-4-5-16)10-11-38-24-9-6-17(13-26(40)41)12-23(24)36-30(27)38/h1-3,6-9,12,14,16,25,27-28H,4-5,10-11,13,15H2,(H,37,42)(H,40,41)/t25-,27+,28-,32+/m0/s1. The Morgan fingerprint density at radius 1 is 1.12 bits per heavy atom. The maximum Gasteiger partial charge on any atom is 0.307 e. The molecule has 8 rings (SSSR count). The summed E-state index contributed by atoms with van der Waals surface area (Å²) in [6.07, 6.45) is 2.85. The highest BCUT2D eigenvalue weighted by Gasteiger charge is 2.69. The van der Waals surface area contributed by atoms with Crippen LogP contribution in [0.15, 0.2) is 54.6 Å². The van der Waals surface area contributed by atoms with Crippen LogP contribution in [0.5, 0.6) is 0 Å². The minimum atomic E-state index is -1.19. The molecule has 0 unspecified atom stereocenters. The molecule has 3 aliphatic heterocycles. The first-order chi connectivity index (χ1) is 20.3. The first kappa shape index (κ1) is 26.2. The first-order valence-corrected chi connectivity index (χ1v) is 15.1. The lowest BCUT2D eigenvalue weighted by Gasteiger charge is -2.40. The van der Waals surface area contributed by atoms with E-state index in [1.54, 1.807) is 24.3 Å². The minimum absolute atomic E-state index is 0.0113. The number of hydrogen-bond donors (Lipinski definition) is 2. The molecule has 0 bridgehead atoms. The molecule has 2 N–H and O–H groups in total. The monoisotopic (exact) mass is 604 g/mol. The molecule has 1 saturated heterocycles. The van der Waals surface area contributed by atoms with Crippen molar-refractivity contribution in [1.29, 1.82) is 0 Å². The summed E-state index contributed by atoms with van der Waals surface area (Å²) < 4.78 is 18.4. The van der Waals surface area contributed by atoms with Crippen LogP contribution in [0.3, 0.4) is 0 Å². The van der Waals surface area contributed by atoms with E-state index in [2.05, 4.69) is 14.8 Å². The molecule has 1 saturated carbocycles. The van der Waals surface area contributed by atoms with Crippen LogP contribution in [0.1, 0.15) is 53.6 Å². The number of carbonyl (C=O) groups excluding carboxylic acids is 1. The number of nitrogens with one attached hydrogen (secondary N) is 1. The summed E-state index contributed by atoms with van der Waals surface area (Å²) in [4.78, 5) is 33.4. The average molecular weight is 605 g/mol. The number of aliphatic carboxylic acids is 1. The fourth-order valence-electron chi connectivity index (χ4n) is 7.93. The van der Waals surface area contributed by atoms with Crippen molar-refractivity contribution in [2.24, 2.45) is 5.92 Å². The largest absolute Gasteiger partial charge is 0.481 e. The van der Waals surface area contributed by atoms with Crippen molar-refractivity contribution < 1.29 is 19.1 Å². The van der Waals surface area contributed by atoms with E-state index in [9.17, 15) is 14.7 Å². The van der Waals surface area contributed by atoms with E-state index in [0.717, 1.165) is 42.7 Å². The summed E-state index contributed by atoms with van der Waals surface area (Å²) >= 11 is 12.8. The molecule has 3 aromatic carbocycles. The minimum Gasteiger partial charge on any atom is -0.481 e. The number of carbonyl (C=O) groups is 2. The molecule has 1 spiro atoms. The molecule has 4 aromatic rings. The van der Waals surface area contributed by atoms with Crippen LogP contribution in [0.25, 0.3) is 11.0 Å². The molecule has 4 atom stereocenters. The Balaban J connectivity index is 1.40.